The van der Waals surface area contributed by atoms with E-state index >= 15 is 0 Å². The predicted molar refractivity (Wildman–Crippen MR) is 80.9 cm³/mol. The van der Waals surface area contributed by atoms with Crippen molar-refractivity contribution >= 4 is 5.91 Å². The topological polar surface area (TPSA) is 88.8 Å². The minimum Gasteiger partial charge on any atom is -0.331 e. The third-order valence-corrected chi connectivity index (χ3v) is 4.56. The Morgan fingerprint density at radius 1 is 1.39 bits per heavy atom. The van der Waals surface area contributed by atoms with Gasteiger partial charge >= 0.3 is 0 Å². The molecule has 1 N–H and O–H groups in total. The fourth-order valence-electron chi connectivity index (χ4n) is 3.29. The maximum atomic E-state index is 12.5. The highest BCUT2D eigenvalue weighted by Gasteiger charge is 2.47. The molecule has 2 aliphatic rings. The maximum absolute atomic E-state index is 12.5. The maximum Gasteiger partial charge on any atom is 0.225 e. The number of hydrogen-bond donors (Lipinski definition) is 1. The first-order valence-electron chi connectivity index (χ1n) is 7.90. The van der Waals surface area contributed by atoms with Gasteiger partial charge in [-0.25, -0.2) is 4.68 Å². The van der Waals surface area contributed by atoms with Crippen LogP contribution < -0.4 is 5.32 Å². The van der Waals surface area contributed by atoms with Crippen molar-refractivity contribution in [2.45, 2.75) is 43.9 Å². The highest BCUT2D eigenvalue weighted by molar-refractivity contribution is 5.81. The van der Waals surface area contributed by atoms with Gasteiger partial charge in [-0.05, 0) is 34.9 Å². The van der Waals surface area contributed by atoms with Gasteiger partial charge in [0.15, 0.2) is 5.82 Å². The number of hydrogen-bond acceptors (Lipinski definition) is 6. The second-order valence-electron chi connectivity index (χ2n) is 6.17. The Labute approximate surface area is 133 Å². The van der Waals surface area contributed by atoms with Crippen molar-refractivity contribution in [2.24, 2.45) is 7.05 Å². The Morgan fingerprint density at radius 2 is 2.26 bits per heavy atom. The molecule has 0 aromatic carbocycles. The van der Waals surface area contributed by atoms with Gasteiger partial charge in [-0.1, -0.05) is 6.07 Å². The second-order valence-corrected chi connectivity index (χ2v) is 6.17. The van der Waals surface area contributed by atoms with E-state index in [2.05, 4.69) is 25.8 Å². The highest BCUT2D eigenvalue weighted by Crippen LogP contribution is 2.41. The summed E-state index contributed by atoms with van der Waals surface area (Å²) in [4.78, 5) is 18.8. The van der Waals surface area contributed by atoms with E-state index in [4.69, 9.17) is 0 Å². The largest absolute Gasteiger partial charge is 0.331 e. The number of rotatable bonds is 5. The first kappa shape index (κ1) is 14.3. The van der Waals surface area contributed by atoms with Crippen LogP contribution in [0.3, 0.4) is 0 Å². The van der Waals surface area contributed by atoms with E-state index in [0.717, 1.165) is 24.2 Å². The van der Waals surface area contributed by atoms with Crippen molar-refractivity contribution in [1.82, 2.24) is 35.4 Å². The lowest BCUT2D eigenvalue weighted by Crippen LogP contribution is -2.37. The SMILES string of the molecule is Cn1nnnc1CN[C@@H]1CC(=O)N(C2CC2)[C@H]1c1cccnc1. The molecule has 2 aromatic heterocycles. The smallest absolute Gasteiger partial charge is 0.225 e. The third-order valence-electron chi connectivity index (χ3n) is 4.56. The van der Waals surface area contributed by atoms with Crippen LogP contribution in [0, 0.1) is 0 Å². The molecule has 0 unspecified atom stereocenters. The lowest BCUT2D eigenvalue weighted by Gasteiger charge is -2.28. The van der Waals surface area contributed by atoms with E-state index in [-0.39, 0.29) is 18.0 Å². The molecule has 0 bridgehead atoms. The Balaban J connectivity index is 1.57. The van der Waals surface area contributed by atoms with Gasteiger partial charge in [0.1, 0.15) is 0 Å². The van der Waals surface area contributed by atoms with E-state index in [1.807, 2.05) is 30.3 Å². The molecule has 1 amide bonds. The number of carbonyl (C=O) groups is 1. The summed E-state index contributed by atoms with van der Waals surface area (Å²) in [5.74, 6) is 0.974. The van der Waals surface area contributed by atoms with E-state index in [1.165, 1.54) is 0 Å². The van der Waals surface area contributed by atoms with Crippen LogP contribution in [-0.2, 0) is 18.4 Å². The average molecular weight is 313 g/mol. The summed E-state index contributed by atoms with van der Waals surface area (Å²) in [7, 11) is 1.81. The molecule has 0 radical (unpaired) electrons. The normalized spacial score (nSPS) is 24.4. The number of amides is 1. The van der Waals surface area contributed by atoms with Gasteiger partial charge in [-0.15, -0.1) is 5.10 Å². The molecule has 1 aliphatic heterocycles. The lowest BCUT2D eigenvalue weighted by atomic mass is 10.0. The summed E-state index contributed by atoms with van der Waals surface area (Å²) in [6, 6.07) is 4.43. The van der Waals surface area contributed by atoms with Gasteiger partial charge in [0.05, 0.1) is 12.6 Å². The number of nitrogens with zero attached hydrogens (tertiary/aromatic N) is 6. The quantitative estimate of drug-likeness (QED) is 0.848. The molecule has 120 valence electrons. The van der Waals surface area contributed by atoms with Crippen molar-refractivity contribution in [3.63, 3.8) is 0 Å². The Kier molecular flexibility index (Phi) is 3.53. The second kappa shape index (κ2) is 5.69. The van der Waals surface area contributed by atoms with Gasteiger partial charge in [-0.2, -0.15) is 0 Å². The monoisotopic (exact) mass is 313 g/mol. The van der Waals surface area contributed by atoms with Crippen molar-refractivity contribution in [1.29, 1.82) is 0 Å². The molecule has 1 saturated heterocycles. The summed E-state index contributed by atoms with van der Waals surface area (Å²) in [6.07, 6.45) is 6.32. The van der Waals surface area contributed by atoms with Crippen molar-refractivity contribution < 1.29 is 4.79 Å². The molecule has 1 aliphatic carbocycles. The third kappa shape index (κ3) is 2.70. The molecule has 2 aromatic rings. The molecule has 1 saturated carbocycles. The predicted octanol–water partition coefficient (Wildman–Crippen LogP) is 0.199. The van der Waals surface area contributed by atoms with Gasteiger partial charge in [0, 0.05) is 37.9 Å². The van der Waals surface area contributed by atoms with Gasteiger partial charge in [-0.3, -0.25) is 9.78 Å². The molecule has 3 heterocycles. The van der Waals surface area contributed by atoms with E-state index in [9.17, 15) is 4.79 Å². The summed E-state index contributed by atoms with van der Waals surface area (Å²) >= 11 is 0. The number of aryl methyl sites for hydroxylation is 1. The molecule has 2 atom stereocenters. The summed E-state index contributed by atoms with van der Waals surface area (Å²) in [5.41, 5.74) is 1.08. The summed E-state index contributed by atoms with van der Waals surface area (Å²) in [5, 5.41) is 14.9. The summed E-state index contributed by atoms with van der Waals surface area (Å²) < 4.78 is 1.64. The zero-order chi connectivity index (χ0) is 15.8. The summed E-state index contributed by atoms with van der Waals surface area (Å²) in [6.45, 7) is 0.538. The van der Waals surface area contributed by atoms with Crippen molar-refractivity contribution in [3.8, 4) is 0 Å². The van der Waals surface area contributed by atoms with Crippen LogP contribution in [-0.4, -0.2) is 48.1 Å². The number of pyridine rings is 1. The molecule has 0 spiro atoms. The first-order valence-corrected chi connectivity index (χ1v) is 7.90. The number of aromatic nitrogens is 5. The average Bonchev–Trinajstić information content (AvgIpc) is 3.23. The van der Waals surface area contributed by atoms with Gasteiger partial charge < -0.3 is 10.2 Å². The zero-order valence-electron chi connectivity index (χ0n) is 13.0. The number of carbonyl (C=O) groups excluding carboxylic acids is 1. The first-order chi connectivity index (χ1) is 11.2. The molecular weight excluding hydrogens is 294 g/mol. The molecule has 8 nitrogen and oxygen atoms in total. The van der Waals surface area contributed by atoms with Crippen LogP contribution in [0.25, 0.3) is 0 Å². The van der Waals surface area contributed by atoms with Crippen molar-refractivity contribution in [3.05, 3.63) is 35.9 Å². The molecule has 4 rings (SSSR count). The fraction of sp³-hybridized carbons (Fsp3) is 0.533. The lowest BCUT2D eigenvalue weighted by molar-refractivity contribution is -0.129. The number of likely N-dealkylation sites (tertiary alicyclic amines) is 1. The van der Waals surface area contributed by atoms with Crippen molar-refractivity contribution in [2.75, 3.05) is 0 Å². The van der Waals surface area contributed by atoms with Gasteiger partial charge in [0.25, 0.3) is 0 Å². The Morgan fingerprint density at radius 3 is 2.91 bits per heavy atom. The molecule has 8 heteroatoms. The van der Waals surface area contributed by atoms with E-state index < -0.39 is 0 Å². The fourth-order valence-corrected chi connectivity index (χ4v) is 3.29. The van der Waals surface area contributed by atoms with Crippen LogP contribution in [0.5, 0.6) is 0 Å². The number of tetrazole rings is 1. The molecular formula is C15H19N7O. The van der Waals surface area contributed by atoms with Crippen LogP contribution in [0.2, 0.25) is 0 Å². The Bertz CT molecular complexity index is 697. The van der Waals surface area contributed by atoms with Crippen LogP contribution in [0.1, 0.15) is 36.7 Å². The minimum atomic E-state index is 0.0323. The van der Waals surface area contributed by atoms with E-state index in [1.54, 1.807) is 10.9 Å². The molecule has 23 heavy (non-hydrogen) atoms. The Hall–Kier alpha value is -2.35. The van der Waals surface area contributed by atoms with E-state index in [0.29, 0.717) is 19.0 Å². The standard InChI is InChI=1S/C15H19N7O/c1-21-13(18-19-20-21)9-17-12-7-14(23)22(11-4-5-11)15(12)10-3-2-6-16-8-10/h2-3,6,8,11-12,15,17H,4-5,7,9H2,1H3/t12-,15+/m1/s1. The van der Waals surface area contributed by atoms with Gasteiger partial charge in [0.2, 0.25) is 5.91 Å². The number of nitrogens with one attached hydrogen (secondary N) is 1. The van der Waals surface area contributed by atoms with Crippen LogP contribution in [0.15, 0.2) is 24.5 Å². The van der Waals surface area contributed by atoms with Crippen LogP contribution >= 0.6 is 0 Å². The molecule has 2 fully saturated rings. The zero-order valence-corrected chi connectivity index (χ0v) is 13.0. The van der Waals surface area contributed by atoms with Crippen LogP contribution in [0.4, 0.5) is 0 Å². The highest BCUT2D eigenvalue weighted by atomic mass is 16.2. The minimum absolute atomic E-state index is 0.0323.